The van der Waals surface area contributed by atoms with Gasteiger partial charge in [-0.2, -0.15) is 4.98 Å². The second-order valence-electron chi connectivity index (χ2n) is 6.27. The molecule has 4 rings (SSSR count). The van der Waals surface area contributed by atoms with Crippen molar-refractivity contribution in [3.8, 4) is 17.1 Å². The van der Waals surface area contributed by atoms with E-state index in [1.54, 1.807) is 6.07 Å². The molecule has 0 aliphatic carbocycles. The number of hydrogen-bond donors (Lipinski definition) is 0. The van der Waals surface area contributed by atoms with E-state index >= 15 is 0 Å². The molecule has 0 atom stereocenters. The van der Waals surface area contributed by atoms with E-state index < -0.39 is 0 Å². The molecule has 2 aromatic heterocycles. The molecule has 6 nitrogen and oxygen atoms in total. The predicted octanol–water partition coefficient (Wildman–Crippen LogP) is 4.29. The van der Waals surface area contributed by atoms with Crippen LogP contribution in [-0.2, 0) is 13.0 Å². The van der Waals surface area contributed by atoms with Gasteiger partial charge in [0.15, 0.2) is 6.61 Å². The van der Waals surface area contributed by atoms with Crippen LogP contribution in [0.1, 0.15) is 23.9 Å². The molecule has 136 valence electrons. The van der Waals surface area contributed by atoms with E-state index in [1.165, 1.54) is 6.07 Å². The molecule has 0 saturated carbocycles. The summed E-state index contributed by atoms with van der Waals surface area (Å²) in [7, 11) is 0. The standard InChI is InChI=1S/C21H18N2O4/c1-3-14-10-20(24)26-18-11-16(7-8-17(14)18)25-12-19-22-21(23-27-19)15-6-4-5-13(2)9-15/h4-11H,3,12H2,1-2H3. The van der Waals surface area contributed by atoms with Crippen LogP contribution in [0.3, 0.4) is 0 Å². The maximum atomic E-state index is 11.7. The largest absolute Gasteiger partial charge is 0.484 e. The normalized spacial score (nSPS) is 11.0. The van der Waals surface area contributed by atoms with Crippen LogP contribution < -0.4 is 10.4 Å². The summed E-state index contributed by atoms with van der Waals surface area (Å²) in [5.41, 5.74) is 3.11. The van der Waals surface area contributed by atoms with Crippen LogP contribution in [0, 0.1) is 6.92 Å². The molecule has 6 heteroatoms. The number of aromatic nitrogens is 2. The molecule has 0 saturated heterocycles. The molecule has 0 aliphatic rings. The van der Waals surface area contributed by atoms with Crippen LogP contribution >= 0.6 is 0 Å². The Morgan fingerprint density at radius 1 is 1.11 bits per heavy atom. The first-order valence-corrected chi connectivity index (χ1v) is 8.71. The number of fused-ring (bicyclic) bond motifs is 1. The molecular weight excluding hydrogens is 344 g/mol. The molecule has 27 heavy (non-hydrogen) atoms. The van der Waals surface area contributed by atoms with E-state index in [4.69, 9.17) is 13.7 Å². The molecule has 0 bridgehead atoms. The molecule has 0 N–H and O–H groups in total. The quantitative estimate of drug-likeness (QED) is 0.493. The summed E-state index contributed by atoms with van der Waals surface area (Å²) in [6.45, 7) is 4.14. The molecule has 0 spiro atoms. The molecule has 0 amide bonds. The van der Waals surface area contributed by atoms with Crippen molar-refractivity contribution in [3.63, 3.8) is 0 Å². The number of benzene rings is 2. The highest BCUT2D eigenvalue weighted by atomic mass is 16.5. The van der Waals surface area contributed by atoms with Gasteiger partial charge in [-0.15, -0.1) is 0 Å². The number of nitrogens with zero attached hydrogens (tertiary/aromatic N) is 2. The van der Waals surface area contributed by atoms with Crippen LogP contribution in [0.2, 0.25) is 0 Å². The first-order valence-electron chi connectivity index (χ1n) is 8.71. The molecule has 2 aromatic carbocycles. The fraction of sp³-hybridized carbons (Fsp3) is 0.190. The Labute approximate surface area is 155 Å². The Morgan fingerprint density at radius 3 is 2.81 bits per heavy atom. The van der Waals surface area contributed by atoms with Crippen molar-refractivity contribution in [2.75, 3.05) is 0 Å². The summed E-state index contributed by atoms with van der Waals surface area (Å²) in [6.07, 6.45) is 0.756. The van der Waals surface area contributed by atoms with Gasteiger partial charge in [-0.3, -0.25) is 0 Å². The first-order chi connectivity index (χ1) is 13.1. The third-order valence-electron chi connectivity index (χ3n) is 4.29. The first kappa shape index (κ1) is 17.0. The molecule has 0 fully saturated rings. The Bertz CT molecular complexity index is 1160. The molecule has 0 radical (unpaired) electrons. The SMILES string of the molecule is CCc1cc(=O)oc2cc(OCc3nc(-c4cccc(C)c4)no3)ccc12. The minimum absolute atomic E-state index is 0.127. The summed E-state index contributed by atoms with van der Waals surface area (Å²) in [4.78, 5) is 16.0. The minimum atomic E-state index is -0.365. The third-order valence-corrected chi connectivity index (χ3v) is 4.29. The van der Waals surface area contributed by atoms with E-state index in [0.717, 1.165) is 28.5 Å². The number of ether oxygens (including phenoxy) is 1. The summed E-state index contributed by atoms with van der Waals surface area (Å²) >= 11 is 0. The van der Waals surface area contributed by atoms with Gasteiger partial charge in [0.05, 0.1) is 0 Å². The molecule has 0 unspecified atom stereocenters. The van der Waals surface area contributed by atoms with E-state index in [2.05, 4.69) is 10.1 Å². The number of aryl methyl sites for hydroxylation is 2. The van der Waals surface area contributed by atoms with Gasteiger partial charge in [0.1, 0.15) is 11.3 Å². The van der Waals surface area contributed by atoms with Gasteiger partial charge in [0.2, 0.25) is 5.82 Å². The zero-order valence-corrected chi connectivity index (χ0v) is 15.1. The van der Waals surface area contributed by atoms with E-state index in [0.29, 0.717) is 23.0 Å². The highest BCUT2D eigenvalue weighted by Crippen LogP contribution is 2.24. The second kappa shape index (κ2) is 7.07. The van der Waals surface area contributed by atoms with Crippen molar-refractivity contribution in [1.29, 1.82) is 0 Å². The summed E-state index contributed by atoms with van der Waals surface area (Å²) in [6, 6.07) is 14.8. The van der Waals surface area contributed by atoms with E-state index in [-0.39, 0.29) is 12.2 Å². The Balaban J connectivity index is 1.53. The lowest BCUT2D eigenvalue weighted by Crippen LogP contribution is -2.00. The highest BCUT2D eigenvalue weighted by molar-refractivity contribution is 5.81. The lowest BCUT2D eigenvalue weighted by molar-refractivity contribution is 0.243. The Kier molecular flexibility index (Phi) is 4.46. The maximum Gasteiger partial charge on any atom is 0.336 e. The monoisotopic (exact) mass is 362 g/mol. The van der Waals surface area contributed by atoms with Gasteiger partial charge in [-0.05, 0) is 37.1 Å². The molecule has 4 aromatic rings. The maximum absolute atomic E-state index is 11.7. The smallest absolute Gasteiger partial charge is 0.336 e. The van der Waals surface area contributed by atoms with Gasteiger partial charge >= 0.3 is 5.63 Å². The van der Waals surface area contributed by atoms with Crippen molar-refractivity contribution in [1.82, 2.24) is 10.1 Å². The minimum Gasteiger partial charge on any atom is -0.484 e. The van der Waals surface area contributed by atoms with Crippen LogP contribution in [-0.4, -0.2) is 10.1 Å². The highest BCUT2D eigenvalue weighted by Gasteiger charge is 2.10. The zero-order valence-electron chi connectivity index (χ0n) is 15.1. The third kappa shape index (κ3) is 3.60. The molecular formula is C21H18N2O4. The Hall–Kier alpha value is -3.41. The average molecular weight is 362 g/mol. The fourth-order valence-corrected chi connectivity index (χ4v) is 2.95. The van der Waals surface area contributed by atoms with Crippen molar-refractivity contribution >= 4 is 11.0 Å². The lowest BCUT2D eigenvalue weighted by atomic mass is 10.1. The van der Waals surface area contributed by atoms with E-state index in [9.17, 15) is 4.79 Å². The summed E-state index contributed by atoms with van der Waals surface area (Å²) < 4.78 is 16.3. The fourth-order valence-electron chi connectivity index (χ4n) is 2.95. The number of rotatable bonds is 5. The van der Waals surface area contributed by atoms with Crippen LogP contribution in [0.25, 0.3) is 22.4 Å². The lowest BCUT2D eigenvalue weighted by Gasteiger charge is -2.06. The van der Waals surface area contributed by atoms with Crippen molar-refractivity contribution in [3.05, 3.63) is 76.0 Å². The van der Waals surface area contributed by atoms with Crippen LogP contribution in [0.5, 0.6) is 5.75 Å². The van der Waals surface area contributed by atoms with E-state index in [1.807, 2.05) is 50.2 Å². The summed E-state index contributed by atoms with van der Waals surface area (Å²) in [5.74, 6) is 1.46. The van der Waals surface area contributed by atoms with Gasteiger partial charge in [-0.25, -0.2) is 4.79 Å². The molecule has 2 heterocycles. The summed E-state index contributed by atoms with van der Waals surface area (Å²) in [5, 5.41) is 4.90. The van der Waals surface area contributed by atoms with Crippen molar-refractivity contribution < 1.29 is 13.7 Å². The second-order valence-corrected chi connectivity index (χ2v) is 6.27. The predicted molar refractivity (Wildman–Crippen MR) is 101 cm³/mol. The van der Waals surface area contributed by atoms with Gasteiger partial charge in [0, 0.05) is 23.1 Å². The van der Waals surface area contributed by atoms with Crippen LogP contribution in [0.15, 0.2) is 62.3 Å². The average Bonchev–Trinajstić information content (AvgIpc) is 3.14. The van der Waals surface area contributed by atoms with Crippen molar-refractivity contribution in [2.45, 2.75) is 26.9 Å². The van der Waals surface area contributed by atoms with Crippen LogP contribution in [0.4, 0.5) is 0 Å². The topological polar surface area (TPSA) is 78.4 Å². The van der Waals surface area contributed by atoms with Gasteiger partial charge in [-0.1, -0.05) is 35.8 Å². The van der Waals surface area contributed by atoms with Crippen molar-refractivity contribution in [2.24, 2.45) is 0 Å². The van der Waals surface area contributed by atoms with Gasteiger partial charge in [0.25, 0.3) is 5.89 Å². The van der Waals surface area contributed by atoms with Gasteiger partial charge < -0.3 is 13.7 Å². The molecule has 0 aliphatic heterocycles. The zero-order chi connectivity index (χ0) is 18.8. The number of hydrogen-bond acceptors (Lipinski definition) is 6. The Morgan fingerprint density at radius 2 is 2.00 bits per heavy atom.